The highest BCUT2D eigenvalue weighted by Crippen LogP contribution is 2.49. The van der Waals surface area contributed by atoms with Crippen molar-refractivity contribution >= 4 is 67.3 Å². The summed E-state index contributed by atoms with van der Waals surface area (Å²) in [7, 11) is 0. The number of allylic oxidation sites excluding steroid dienone is 2. The van der Waals surface area contributed by atoms with Crippen molar-refractivity contribution in [1.82, 2.24) is 4.48 Å². The number of benzene rings is 8. The number of fused-ring (bicyclic) bond motifs is 4. The first-order valence-electron chi connectivity index (χ1n) is 26.6. The van der Waals surface area contributed by atoms with Gasteiger partial charge < -0.3 is 22.3 Å². The molecule has 0 spiro atoms. The minimum Gasteiger partial charge on any atom is -0.427 e. The van der Waals surface area contributed by atoms with E-state index in [1.54, 1.807) is 13.8 Å². The number of esters is 1. The normalized spacial score (nSPS) is 14.4. The molecule has 0 bridgehead atoms. The summed E-state index contributed by atoms with van der Waals surface area (Å²) < 4.78 is 43.9. The molecule has 0 atom stereocenters. The molecule has 0 fully saturated rings. The van der Waals surface area contributed by atoms with Crippen molar-refractivity contribution in [3.8, 4) is 29.4 Å². The minimum absolute atomic E-state index is 0.0225. The second-order valence-electron chi connectivity index (χ2n) is 23.2. The van der Waals surface area contributed by atoms with E-state index in [0.29, 0.717) is 69.2 Å². The predicted molar refractivity (Wildman–Crippen MR) is 312 cm³/mol. The van der Waals surface area contributed by atoms with E-state index < -0.39 is 6.97 Å². The first kappa shape index (κ1) is 50.2. The molecule has 0 saturated heterocycles. The first-order valence-corrected chi connectivity index (χ1v) is 26.6. The fourth-order valence-electron chi connectivity index (χ4n) is 12.2. The van der Waals surface area contributed by atoms with E-state index in [9.17, 15) is 4.79 Å². The van der Waals surface area contributed by atoms with Crippen LogP contribution in [0.5, 0.6) is 5.75 Å². The Morgan fingerprint density at radius 2 is 1.20 bits per heavy atom. The highest BCUT2D eigenvalue weighted by Gasteiger charge is 2.57. The lowest BCUT2D eigenvalue weighted by molar-refractivity contribution is -0.363. The summed E-state index contributed by atoms with van der Waals surface area (Å²) in [6.45, 7) is 20.5. The number of aryl methyl sites for hydroxylation is 3. The SMILES string of the molecule is CC1=C(C#Cc2ccccc2)C(C)=[N+]2C1=C(c1c(C)cc(OC(=O)CCCc3ccc4c5cc(C(C)(C)C)cc6cc(C(C)(C)C)cc(c7cccc3c74)c65)cc1C)c1c(C)c(C#Cc3ccccc3)c(C)n1[B-]2(F)F. The standard InChI is InChI=1S/C69H63BF2N2O2/c1-41-35-53(76-61(75)28-19-25-49-31-34-58-60-40-52(69(10,11)12)38-50-37-51(68(7,8)9)39-59(63(50)60)57-27-20-26-56(49)64(57)58)36-42(2)62(41)65-66-43(3)54(32-29-47-21-15-13-16-22-47)45(5)73(66)70(71,72)74-46(6)55(44(4)67(65)74)33-30-48-23-17-14-18-24-48/h13-18,20-24,26-27,31,34-40H,19,25,28H2,1-12H3. The number of carbonyl (C=O) groups is 1. The summed E-state index contributed by atoms with van der Waals surface area (Å²) in [5.74, 6) is 13.2. The minimum atomic E-state index is -4.39. The Morgan fingerprint density at radius 3 is 1.79 bits per heavy atom. The van der Waals surface area contributed by atoms with Gasteiger partial charge in [0.05, 0.1) is 11.1 Å². The van der Waals surface area contributed by atoms with Gasteiger partial charge in [0.15, 0.2) is 5.70 Å². The van der Waals surface area contributed by atoms with Crippen LogP contribution >= 0.6 is 0 Å². The van der Waals surface area contributed by atoms with E-state index in [4.69, 9.17) is 4.74 Å². The van der Waals surface area contributed by atoms with Crippen molar-refractivity contribution in [2.75, 3.05) is 0 Å². The second kappa shape index (κ2) is 18.4. The molecule has 378 valence electrons. The quantitative estimate of drug-likeness (QED) is 0.0415. The van der Waals surface area contributed by atoms with Crippen LogP contribution < -0.4 is 4.74 Å². The van der Waals surface area contributed by atoms with Crippen molar-refractivity contribution < 1.29 is 22.6 Å². The van der Waals surface area contributed by atoms with Gasteiger partial charge in [-0.15, -0.1) is 0 Å². The van der Waals surface area contributed by atoms with Gasteiger partial charge in [0.25, 0.3) is 0 Å². The molecule has 8 aromatic carbocycles. The molecule has 3 heterocycles. The number of hydrogen-bond acceptors (Lipinski definition) is 2. The maximum Gasteiger partial charge on any atom is 0.737 e. The van der Waals surface area contributed by atoms with Crippen LogP contribution in [0.1, 0.15) is 135 Å². The molecule has 0 saturated carbocycles. The van der Waals surface area contributed by atoms with Crippen LogP contribution in [0, 0.1) is 51.4 Å². The lowest BCUT2D eigenvalue weighted by atomic mass is 9.79. The topological polar surface area (TPSA) is 34.2 Å². The van der Waals surface area contributed by atoms with E-state index in [2.05, 4.69) is 120 Å². The summed E-state index contributed by atoms with van der Waals surface area (Å²) in [5, 5.41) is 10.1. The third-order valence-electron chi connectivity index (χ3n) is 16.0. The Labute approximate surface area is 446 Å². The van der Waals surface area contributed by atoms with E-state index in [1.165, 1.54) is 68.7 Å². The summed E-state index contributed by atoms with van der Waals surface area (Å²) in [5.41, 5.74) is 12.6. The number of hydrogen-bond donors (Lipinski definition) is 0. The number of carbonyl (C=O) groups excluding carboxylic acids is 1. The largest absolute Gasteiger partial charge is 0.737 e. The average Bonchev–Trinajstić information content (AvgIpc) is 3.91. The van der Waals surface area contributed by atoms with Gasteiger partial charge in [0.1, 0.15) is 11.5 Å². The third-order valence-corrected chi connectivity index (χ3v) is 16.0. The molecule has 2 aliphatic rings. The van der Waals surface area contributed by atoms with Gasteiger partial charge in [-0.2, -0.15) is 0 Å². The maximum atomic E-state index is 17.7. The summed E-state index contributed by atoms with van der Waals surface area (Å²) >= 11 is 0. The Kier molecular flexibility index (Phi) is 12.1. The van der Waals surface area contributed by atoms with Gasteiger partial charge >= 0.3 is 12.9 Å². The molecule has 9 aromatic rings. The molecular weight excluding hydrogens is 938 g/mol. The van der Waals surface area contributed by atoms with Crippen molar-refractivity contribution in [1.29, 1.82) is 0 Å². The van der Waals surface area contributed by atoms with Gasteiger partial charge in [-0.25, -0.2) is 0 Å². The molecule has 4 nitrogen and oxygen atoms in total. The Hall–Kier alpha value is -8.00. The monoisotopic (exact) mass is 1000 g/mol. The van der Waals surface area contributed by atoms with Gasteiger partial charge in [0, 0.05) is 47.0 Å². The zero-order chi connectivity index (χ0) is 53.7. The van der Waals surface area contributed by atoms with E-state index >= 15 is 8.63 Å². The smallest absolute Gasteiger partial charge is 0.427 e. The lowest BCUT2D eigenvalue weighted by Gasteiger charge is -2.34. The summed E-state index contributed by atoms with van der Waals surface area (Å²) in [6.07, 6.45) is 1.53. The zero-order valence-electron chi connectivity index (χ0n) is 45.8. The van der Waals surface area contributed by atoms with Gasteiger partial charge in [-0.3, -0.25) is 4.79 Å². The molecule has 76 heavy (non-hydrogen) atoms. The first-order chi connectivity index (χ1) is 36.1. The van der Waals surface area contributed by atoms with Crippen molar-refractivity contribution in [3.05, 3.63) is 211 Å². The molecule has 0 N–H and O–H groups in total. The zero-order valence-corrected chi connectivity index (χ0v) is 45.8. The van der Waals surface area contributed by atoms with E-state index in [-0.39, 0.29) is 23.2 Å². The summed E-state index contributed by atoms with van der Waals surface area (Å²) in [6, 6.07) is 43.7. The van der Waals surface area contributed by atoms with Crippen LogP contribution in [-0.2, 0) is 22.0 Å². The van der Waals surface area contributed by atoms with Gasteiger partial charge in [-0.1, -0.05) is 144 Å². The fraction of sp³-hybridized carbons (Fsp3) is 0.246. The molecule has 7 heteroatoms. The predicted octanol–water partition coefficient (Wildman–Crippen LogP) is 16.5. The molecule has 0 amide bonds. The summed E-state index contributed by atoms with van der Waals surface area (Å²) in [4.78, 5) is 13.9. The molecule has 2 aliphatic heterocycles. The lowest BCUT2D eigenvalue weighted by Crippen LogP contribution is -2.51. The van der Waals surface area contributed by atoms with Crippen molar-refractivity contribution in [2.45, 2.75) is 113 Å². The van der Waals surface area contributed by atoms with E-state index in [1.807, 2.05) is 100 Å². The molecule has 0 aliphatic carbocycles. The van der Waals surface area contributed by atoms with Crippen molar-refractivity contribution in [3.63, 3.8) is 0 Å². The molecule has 0 radical (unpaired) electrons. The highest BCUT2D eigenvalue weighted by atomic mass is 19.2. The molecular formula is C69H63BF2N2O2. The number of ether oxygens (including phenoxy) is 1. The second-order valence-corrected chi connectivity index (χ2v) is 23.2. The maximum absolute atomic E-state index is 17.7. The van der Waals surface area contributed by atoms with Crippen LogP contribution in [-0.4, -0.2) is 27.6 Å². The van der Waals surface area contributed by atoms with Crippen LogP contribution in [0.3, 0.4) is 0 Å². The number of halogens is 2. The molecule has 11 rings (SSSR count). The Balaban J connectivity index is 0.935. The van der Waals surface area contributed by atoms with Gasteiger partial charge in [-0.05, 0) is 189 Å². The van der Waals surface area contributed by atoms with Gasteiger partial charge in [0.2, 0.25) is 0 Å². The Morgan fingerprint density at radius 1 is 0.632 bits per heavy atom. The number of nitrogens with zero attached hydrogens (tertiary/aromatic N) is 2. The third kappa shape index (κ3) is 8.33. The molecule has 0 unspecified atom stereocenters. The Bertz CT molecular complexity index is 4080. The number of aromatic nitrogens is 1. The fourth-order valence-corrected chi connectivity index (χ4v) is 12.2. The van der Waals surface area contributed by atoms with Crippen LogP contribution in [0.4, 0.5) is 8.63 Å². The van der Waals surface area contributed by atoms with Crippen LogP contribution in [0.25, 0.3) is 48.7 Å². The molecule has 1 aromatic heterocycles. The van der Waals surface area contributed by atoms with Crippen molar-refractivity contribution in [2.24, 2.45) is 0 Å². The van der Waals surface area contributed by atoms with Crippen LogP contribution in [0.2, 0.25) is 0 Å². The number of rotatable bonds is 6. The van der Waals surface area contributed by atoms with Crippen LogP contribution in [0.15, 0.2) is 144 Å². The van der Waals surface area contributed by atoms with E-state index in [0.717, 1.165) is 27.8 Å². The highest BCUT2D eigenvalue weighted by molar-refractivity contribution is 6.58. The average molecular weight is 1000 g/mol.